The van der Waals surface area contributed by atoms with E-state index < -0.39 is 28.0 Å². The van der Waals surface area contributed by atoms with Gasteiger partial charge in [0.15, 0.2) is 5.78 Å². The Bertz CT molecular complexity index is 857. The van der Waals surface area contributed by atoms with Crippen LogP contribution in [0, 0.1) is 0 Å². The standard InChI is InChI=1S/C16H11F3O5S/c17-16(18,19)23-13-6-8-14(9-7-13)24-25(21,22)11-10-15(20)12-4-2-1-3-5-12/h1-11H/b11-10+. The second-order valence-electron chi connectivity index (χ2n) is 4.63. The molecule has 0 saturated carbocycles. The van der Waals surface area contributed by atoms with Crippen molar-refractivity contribution in [3.05, 3.63) is 71.6 Å². The topological polar surface area (TPSA) is 69.7 Å². The van der Waals surface area contributed by atoms with E-state index in [0.717, 1.165) is 30.3 Å². The third-order valence-corrected chi connectivity index (χ3v) is 3.61. The largest absolute Gasteiger partial charge is 0.573 e. The zero-order chi connectivity index (χ0) is 18.5. The number of carbonyl (C=O) groups is 1. The molecule has 0 saturated heterocycles. The SMILES string of the molecule is O=C(/C=C/S(=O)(=O)Oc1ccc(OC(F)(F)F)cc1)c1ccccc1. The van der Waals surface area contributed by atoms with Gasteiger partial charge >= 0.3 is 16.5 Å². The summed E-state index contributed by atoms with van der Waals surface area (Å²) in [5, 5.41) is 0.572. The van der Waals surface area contributed by atoms with Gasteiger partial charge in [0, 0.05) is 11.6 Å². The molecule has 0 atom stereocenters. The number of ketones is 1. The Kier molecular flexibility index (Phi) is 5.48. The molecular weight excluding hydrogens is 361 g/mol. The highest BCUT2D eigenvalue weighted by Gasteiger charge is 2.31. The maximum atomic E-state index is 12.0. The number of hydrogen-bond acceptors (Lipinski definition) is 5. The highest BCUT2D eigenvalue weighted by atomic mass is 32.2. The van der Waals surface area contributed by atoms with E-state index in [1.54, 1.807) is 18.2 Å². The molecule has 0 fully saturated rings. The summed E-state index contributed by atoms with van der Waals surface area (Å²) in [6.45, 7) is 0. The summed E-state index contributed by atoms with van der Waals surface area (Å²) in [4.78, 5) is 11.8. The van der Waals surface area contributed by atoms with Crippen LogP contribution in [-0.2, 0) is 10.1 Å². The van der Waals surface area contributed by atoms with Crippen LogP contribution in [0.1, 0.15) is 10.4 Å². The van der Waals surface area contributed by atoms with Crippen LogP contribution in [0.3, 0.4) is 0 Å². The number of alkyl halides is 3. The normalized spacial score (nSPS) is 12.1. The highest BCUT2D eigenvalue weighted by Crippen LogP contribution is 2.25. The molecule has 0 bridgehead atoms. The molecule has 0 radical (unpaired) electrons. The lowest BCUT2D eigenvalue weighted by Gasteiger charge is -2.09. The number of carbonyl (C=O) groups excluding carboxylic acids is 1. The summed E-state index contributed by atoms with van der Waals surface area (Å²) in [5.74, 6) is -1.29. The fraction of sp³-hybridized carbons (Fsp3) is 0.0625. The van der Waals surface area contributed by atoms with E-state index in [4.69, 9.17) is 0 Å². The van der Waals surface area contributed by atoms with Crippen LogP contribution in [0.4, 0.5) is 13.2 Å². The van der Waals surface area contributed by atoms with Crippen LogP contribution in [-0.4, -0.2) is 20.6 Å². The maximum absolute atomic E-state index is 12.0. The summed E-state index contributed by atoms with van der Waals surface area (Å²) in [6.07, 6.45) is -4.03. The monoisotopic (exact) mass is 372 g/mol. The highest BCUT2D eigenvalue weighted by molar-refractivity contribution is 7.90. The van der Waals surface area contributed by atoms with Crippen LogP contribution >= 0.6 is 0 Å². The first-order chi connectivity index (χ1) is 11.6. The number of halogens is 3. The van der Waals surface area contributed by atoms with Gasteiger partial charge in [-0.2, -0.15) is 8.42 Å². The van der Waals surface area contributed by atoms with E-state index in [-0.39, 0.29) is 5.75 Å². The van der Waals surface area contributed by atoms with E-state index in [1.807, 2.05) is 0 Å². The molecule has 2 aromatic carbocycles. The van der Waals surface area contributed by atoms with Gasteiger partial charge in [-0.25, -0.2) is 0 Å². The van der Waals surface area contributed by atoms with Crippen molar-refractivity contribution >= 4 is 15.9 Å². The average molecular weight is 372 g/mol. The third kappa shape index (κ3) is 6.30. The molecule has 9 heteroatoms. The third-order valence-electron chi connectivity index (χ3n) is 2.71. The predicted octanol–water partition coefficient (Wildman–Crippen LogP) is 3.69. The molecule has 0 amide bonds. The van der Waals surface area contributed by atoms with Gasteiger partial charge in [0.05, 0.1) is 5.41 Å². The molecule has 2 aromatic rings. The van der Waals surface area contributed by atoms with Crippen molar-refractivity contribution < 1.29 is 35.3 Å². The fourth-order valence-corrected chi connectivity index (χ4v) is 2.43. The van der Waals surface area contributed by atoms with Crippen LogP contribution < -0.4 is 8.92 Å². The number of benzene rings is 2. The summed E-state index contributed by atoms with van der Waals surface area (Å²) in [5.41, 5.74) is 0.294. The Balaban J connectivity index is 2.03. The van der Waals surface area contributed by atoms with Gasteiger partial charge in [-0.1, -0.05) is 30.3 Å². The fourth-order valence-electron chi connectivity index (χ4n) is 1.70. The van der Waals surface area contributed by atoms with Crippen LogP contribution in [0.15, 0.2) is 66.1 Å². The zero-order valence-electron chi connectivity index (χ0n) is 12.4. The van der Waals surface area contributed by atoms with Crippen molar-refractivity contribution in [2.24, 2.45) is 0 Å². The van der Waals surface area contributed by atoms with Gasteiger partial charge in [-0.05, 0) is 24.3 Å². The smallest absolute Gasteiger partial charge is 0.406 e. The van der Waals surface area contributed by atoms with E-state index in [0.29, 0.717) is 11.0 Å². The van der Waals surface area contributed by atoms with Gasteiger partial charge in [-0.3, -0.25) is 4.79 Å². The minimum Gasteiger partial charge on any atom is -0.406 e. The molecule has 0 aliphatic rings. The van der Waals surface area contributed by atoms with Crippen LogP contribution in [0.2, 0.25) is 0 Å². The van der Waals surface area contributed by atoms with Crippen LogP contribution in [0.25, 0.3) is 0 Å². The molecule has 0 N–H and O–H groups in total. The van der Waals surface area contributed by atoms with Crippen molar-refractivity contribution in [3.8, 4) is 11.5 Å². The quantitative estimate of drug-likeness (QED) is 0.439. The number of hydrogen-bond donors (Lipinski definition) is 0. The van der Waals surface area contributed by atoms with E-state index in [2.05, 4.69) is 8.92 Å². The first-order valence-electron chi connectivity index (χ1n) is 6.72. The van der Waals surface area contributed by atoms with Crippen molar-refractivity contribution in [2.75, 3.05) is 0 Å². The van der Waals surface area contributed by atoms with Gasteiger partial charge in [-0.15, -0.1) is 13.2 Å². The lowest BCUT2D eigenvalue weighted by atomic mass is 10.1. The molecule has 0 aliphatic carbocycles. The molecule has 0 heterocycles. The van der Waals surface area contributed by atoms with Crippen molar-refractivity contribution in [2.45, 2.75) is 6.36 Å². The maximum Gasteiger partial charge on any atom is 0.573 e. The van der Waals surface area contributed by atoms with Crippen molar-refractivity contribution in [3.63, 3.8) is 0 Å². The Morgan fingerprint density at radius 1 is 0.920 bits per heavy atom. The predicted molar refractivity (Wildman–Crippen MR) is 82.6 cm³/mol. The first-order valence-corrected chi connectivity index (χ1v) is 8.19. The Hall–Kier alpha value is -2.81. The number of ether oxygens (including phenoxy) is 1. The van der Waals surface area contributed by atoms with Gasteiger partial charge in [0.2, 0.25) is 0 Å². The molecule has 0 aromatic heterocycles. The Morgan fingerprint density at radius 2 is 1.48 bits per heavy atom. The van der Waals surface area contributed by atoms with E-state index >= 15 is 0 Å². The number of rotatable bonds is 6. The molecule has 2 rings (SSSR count). The summed E-state index contributed by atoms with van der Waals surface area (Å²) < 4.78 is 68.0. The van der Waals surface area contributed by atoms with Gasteiger partial charge < -0.3 is 8.92 Å². The summed E-state index contributed by atoms with van der Waals surface area (Å²) >= 11 is 0. The molecule has 0 spiro atoms. The molecule has 0 unspecified atom stereocenters. The zero-order valence-corrected chi connectivity index (χ0v) is 13.3. The van der Waals surface area contributed by atoms with E-state index in [1.165, 1.54) is 12.1 Å². The second kappa shape index (κ2) is 7.39. The molecule has 132 valence electrons. The summed E-state index contributed by atoms with van der Waals surface area (Å²) in [6, 6.07) is 11.8. The molecular formula is C16H11F3O5S. The van der Waals surface area contributed by atoms with Crippen molar-refractivity contribution in [1.82, 2.24) is 0 Å². The first kappa shape index (κ1) is 18.5. The minimum absolute atomic E-state index is 0.230. The Labute approximate surface area is 141 Å². The van der Waals surface area contributed by atoms with Crippen molar-refractivity contribution in [1.29, 1.82) is 0 Å². The van der Waals surface area contributed by atoms with Crippen LogP contribution in [0.5, 0.6) is 11.5 Å². The molecule has 25 heavy (non-hydrogen) atoms. The number of allylic oxidation sites excluding steroid dienone is 1. The molecule has 5 nitrogen and oxygen atoms in total. The lowest BCUT2D eigenvalue weighted by Crippen LogP contribution is -2.17. The Morgan fingerprint density at radius 3 is 2.04 bits per heavy atom. The van der Waals surface area contributed by atoms with E-state index in [9.17, 15) is 26.4 Å². The minimum atomic E-state index is -4.85. The summed E-state index contributed by atoms with van der Waals surface area (Å²) in [7, 11) is -4.25. The molecule has 0 aliphatic heterocycles. The lowest BCUT2D eigenvalue weighted by molar-refractivity contribution is -0.274. The van der Waals surface area contributed by atoms with Gasteiger partial charge in [0.1, 0.15) is 11.5 Å². The average Bonchev–Trinajstić information content (AvgIpc) is 2.54. The van der Waals surface area contributed by atoms with Gasteiger partial charge in [0.25, 0.3) is 0 Å². The second-order valence-corrected chi connectivity index (χ2v) is 6.05.